The lowest BCUT2D eigenvalue weighted by atomic mass is 10.3. The fourth-order valence-electron chi connectivity index (χ4n) is 1.51. The molecule has 0 fully saturated rings. The third-order valence-electron chi connectivity index (χ3n) is 2.50. The minimum atomic E-state index is -3.36. The SMILES string of the molecule is COc1cc(Nc2ncc(Br)c(Cl)n2)cc(S(C)(=O)=O)c1. The van der Waals surface area contributed by atoms with Gasteiger partial charge in [-0.3, -0.25) is 0 Å². The molecule has 1 aromatic heterocycles. The second-order valence-electron chi connectivity index (χ2n) is 4.13. The quantitative estimate of drug-likeness (QED) is 0.806. The lowest BCUT2D eigenvalue weighted by Crippen LogP contribution is -2.02. The summed E-state index contributed by atoms with van der Waals surface area (Å²) in [7, 11) is -1.90. The van der Waals surface area contributed by atoms with Crippen molar-refractivity contribution in [3.05, 3.63) is 34.0 Å². The van der Waals surface area contributed by atoms with Crippen molar-refractivity contribution in [2.45, 2.75) is 4.90 Å². The van der Waals surface area contributed by atoms with E-state index in [0.717, 1.165) is 6.26 Å². The van der Waals surface area contributed by atoms with Crippen LogP contribution in [0.2, 0.25) is 5.15 Å². The van der Waals surface area contributed by atoms with E-state index in [1.165, 1.54) is 25.4 Å². The summed E-state index contributed by atoms with van der Waals surface area (Å²) in [6.45, 7) is 0. The molecule has 112 valence electrons. The predicted octanol–water partition coefficient (Wildman–Crippen LogP) is 3.05. The van der Waals surface area contributed by atoms with E-state index in [1.54, 1.807) is 6.07 Å². The second kappa shape index (κ2) is 6.17. The Morgan fingerprint density at radius 1 is 1.33 bits per heavy atom. The van der Waals surface area contributed by atoms with Crippen molar-refractivity contribution in [3.63, 3.8) is 0 Å². The van der Waals surface area contributed by atoms with Gasteiger partial charge in [0.05, 0.1) is 16.5 Å². The highest BCUT2D eigenvalue weighted by Crippen LogP contribution is 2.26. The molecule has 0 saturated carbocycles. The van der Waals surface area contributed by atoms with Gasteiger partial charge in [0.1, 0.15) is 10.9 Å². The zero-order valence-electron chi connectivity index (χ0n) is 11.1. The summed E-state index contributed by atoms with van der Waals surface area (Å²) in [5.41, 5.74) is 0.480. The van der Waals surface area contributed by atoms with Gasteiger partial charge in [0.2, 0.25) is 5.95 Å². The number of halogens is 2. The van der Waals surface area contributed by atoms with E-state index in [2.05, 4.69) is 31.2 Å². The van der Waals surface area contributed by atoms with Crippen LogP contribution in [-0.2, 0) is 9.84 Å². The van der Waals surface area contributed by atoms with Crippen LogP contribution in [0.25, 0.3) is 0 Å². The largest absolute Gasteiger partial charge is 0.497 e. The normalized spacial score (nSPS) is 11.2. The van der Waals surface area contributed by atoms with Crippen molar-refractivity contribution in [2.24, 2.45) is 0 Å². The maximum Gasteiger partial charge on any atom is 0.228 e. The topological polar surface area (TPSA) is 81.2 Å². The van der Waals surface area contributed by atoms with Crippen molar-refractivity contribution < 1.29 is 13.2 Å². The Morgan fingerprint density at radius 3 is 2.62 bits per heavy atom. The molecule has 0 bridgehead atoms. The first-order valence-electron chi connectivity index (χ1n) is 5.64. The number of hydrogen-bond acceptors (Lipinski definition) is 6. The van der Waals surface area contributed by atoms with E-state index in [9.17, 15) is 8.42 Å². The van der Waals surface area contributed by atoms with Crippen LogP contribution in [0.15, 0.2) is 33.8 Å². The zero-order valence-corrected chi connectivity index (χ0v) is 14.3. The van der Waals surface area contributed by atoms with Gasteiger partial charge in [-0.25, -0.2) is 13.4 Å². The van der Waals surface area contributed by atoms with Crippen molar-refractivity contribution in [1.82, 2.24) is 9.97 Å². The molecule has 1 heterocycles. The summed E-state index contributed by atoms with van der Waals surface area (Å²) in [4.78, 5) is 8.19. The molecule has 2 aromatic rings. The highest BCUT2D eigenvalue weighted by atomic mass is 79.9. The molecule has 0 aliphatic carbocycles. The van der Waals surface area contributed by atoms with Gasteiger partial charge in [0.25, 0.3) is 0 Å². The van der Waals surface area contributed by atoms with E-state index in [0.29, 0.717) is 15.9 Å². The summed E-state index contributed by atoms with van der Waals surface area (Å²) in [5.74, 6) is 0.652. The van der Waals surface area contributed by atoms with E-state index in [-0.39, 0.29) is 16.0 Å². The maximum atomic E-state index is 11.7. The molecule has 0 unspecified atom stereocenters. The fourth-order valence-corrected chi connectivity index (χ4v) is 2.50. The van der Waals surface area contributed by atoms with Gasteiger partial charge in [-0.2, -0.15) is 4.98 Å². The van der Waals surface area contributed by atoms with E-state index < -0.39 is 9.84 Å². The minimum absolute atomic E-state index is 0.132. The van der Waals surface area contributed by atoms with Gasteiger partial charge in [0, 0.05) is 24.2 Å². The highest BCUT2D eigenvalue weighted by molar-refractivity contribution is 9.10. The summed E-state index contributed by atoms with van der Waals surface area (Å²) in [6.07, 6.45) is 2.62. The van der Waals surface area contributed by atoms with Crippen LogP contribution >= 0.6 is 27.5 Å². The van der Waals surface area contributed by atoms with E-state index in [1.807, 2.05) is 0 Å². The molecule has 0 atom stereocenters. The zero-order chi connectivity index (χ0) is 15.6. The van der Waals surface area contributed by atoms with E-state index in [4.69, 9.17) is 16.3 Å². The smallest absolute Gasteiger partial charge is 0.228 e. The number of rotatable bonds is 4. The van der Waals surface area contributed by atoms with Gasteiger partial charge in [-0.05, 0) is 28.1 Å². The molecule has 9 heteroatoms. The number of anilines is 2. The van der Waals surface area contributed by atoms with Crippen molar-refractivity contribution >= 4 is 49.0 Å². The van der Waals surface area contributed by atoms with Crippen LogP contribution in [0.1, 0.15) is 0 Å². The Kier molecular flexibility index (Phi) is 4.70. The lowest BCUT2D eigenvalue weighted by molar-refractivity contribution is 0.413. The molecule has 6 nitrogen and oxygen atoms in total. The van der Waals surface area contributed by atoms with Crippen molar-refractivity contribution in [1.29, 1.82) is 0 Å². The Labute approximate surface area is 135 Å². The van der Waals surface area contributed by atoms with Gasteiger partial charge in [-0.15, -0.1) is 0 Å². The molecule has 0 amide bonds. The first-order valence-corrected chi connectivity index (χ1v) is 8.70. The molecular formula is C12H11BrClN3O3S. The average molecular weight is 393 g/mol. The number of aromatic nitrogens is 2. The van der Waals surface area contributed by atoms with Gasteiger partial charge in [-0.1, -0.05) is 11.6 Å². The van der Waals surface area contributed by atoms with Crippen molar-refractivity contribution in [3.8, 4) is 5.75 Å². The predicted molar refractivity (Wildman–Crippen MR) is 84.1 cm³/mol. The molecule has 0 aliphatic rings. The Hall–Kier alpha value is -1.38. The standard InChI is InChI=1S/C12H11BrClN3O3S/c1-20-8-3-7(4-9(5-8)21(2,18)19)16-12-15-6-10(13)11(14)17-12/h3-6H,1-2H3,(H,15,16,17). The van der Waals surface area contributed by atoms with Gasteiger partial charge < -0.3 is 10.1 Å². The summed E-state index contributed by atoms with van der Waals surface area (Å²) < 4.78 is 29.0. The molecular weight excluding hydrogens is 382 g/mol. The summed E-state index contributed by atoms with van der Waals surface area (Å²) in [5, 5.41) is 3.14. The van der Waals surface area contributed by atoms with Crippen LogP contribution in [0, 0.1) is 0 Å². The van der Waals surface area contributed by atoms with E-state index >= 15 is 0 Å². The Morgan fingerprint density at radius 2 is 2.05 bits per heavy atom. The second-order valence-corrected chi connectivity index (χ2v) is 7.35. The van der Waals surface area contributed by atoms with Crippen LogP contribution in [0.5, 0.6) is 5.75 Å². The number of benzene rings is 1. The first-order chi connectivity index (χ1) is 9.79. The number of nitrogens with one attached hydrogen (secondary N) is 1. The average Bonchev–Trinajstić information content (AvgIpc) is 2.41. The van der Waals surface area contributed by atoms with Gasteiger partial charge >= 0.3 is 0 Å². The Balaban J connectivity index is 2.41. The molecule has 1 N–H and O–H groups in total. The Bertz CT molecular complexity index is 783. The van der Waals surface area contributed by atoms with Crippen LogP contribution < -0.4 is 10.1 Å². The van der Waals surface area contributed by atoms with Crippen LogP contribution in [0.4, 0.5) is 11.6 Å². The molecule has 21 heavy (non-hydrogen) atoms. The van der Waals surface area contributed by atoms with Crippen molar-refractivity contribution in [2.75, 3.05) is 18.7 Å². The number of ether oxygens (including phenoxy) is 1. The molecule has 0 saturated heterocycles. The van der Waals surface area contributed by atoms with Crippen LogP contribution in [-0.4, -0.2) is 31.8 Å². The summed E-state index contributed by atoms with van der Waals surface area (Å²) in [6, 6.07) is 4.54. The molecule has 1 aromatic carbocycles. The minimum Gasteiger partial charge on any atom is -0.497 e. The van der Waals surface area contributed by atoms with Gasteiger partial charge in [0.15, 0.2) is 9.84 Å². The molecule has 0 aliphatic heterocycles. The number of hydrogen-bond donors (Lipinski definition) is 1. The number of sulfone groups is 1. The lowest BCUT2D eigenvalue weighted by Gasteiger charge is -2.09. The number of methoxy groups -OCH3 is 1. The summed E-state index contributed by atoms with van der Waals surface area (Å²) >= 11 is 9.08. The third-order valence-corrected chi connectivity index (χ3v) is 4.69. The monoisotopic (exact) mass is 391 g/mol. The number of nitrogens with zero attached hydrogens (tertiary/aromatic N) is 2. The highest BCUT2D eigenvalue weighted by Gasteiger charge is 2.12. The molecule has 0 radical (unpaired) electrons. The maximum absolute atomic E-state index is 11.7. The molecule has 0 spiro atoms. The third kappa shape index (κ3) is 4.05. The fraction of sp³-hybridized carbons (Fsp3) is 0.167. The van der Waals surface area contributed by atoms with Crippen LogP contribution in [0.3, 0.4) is 0 Å². The molecule has 2 rings (SSSR count). The first kappa shape index (κ1) is 16.0.